The number of nitrogens with zero attached hydrogens (tertiary/aromatic N) is 3. The van der Waals surface area contributed by atoms with E-state index in [1.165, 1.54) is 24.3 Å². The quantitative estimate of drug-likeness (QED) is 0.345. The number of nitrogens with one attached hydrogen (secondary N) is 1. The number of hydrogen-bond donors (Lipinski definition) is 1. The van der Waals surface area contributed by atoms with Crippen LogP contribution in [0.2, 0.25) is 0 Å². The van der Waals surface area contributed by atoms with Gasteiger partial charge in [0.2, 0.25) is 0 Å². The van der Waals surface area contributed by atoms with Crippen molar-refractivity contribution < 1.29 is 18.9 Å². The highest BCUT2D eigenvalue weighted by Crippen LogP contribution is 2.19. The first-order chi connectivity index (χ1) is 13.5. The molecule has 0 aliphatic rings. The maximum Gasteiger partial charge on any atom is 0.286 e. The smallest absolute Gasteiger partial charge is 0.286 e. The van der Waals surface area contributed by atoms with E-state index in [4.69, 9.17) is 9.15 Å². The molecule has 0 unspecified atom stereocenters. The van der Waals surface area contributed by atoms with Gasteiger partial charge in [0.05, 0.1) is 10.6 Å². The fourth-order valence-corrected chi connectivity index (χ4v) is 2.51. The number of non-ortho nitro benzene ring substituents is 1. The molecule has 0 radical (unpaired) electrons. The highest BCUT2D eigenvalue weighted by Gasteiger charge is 2.11. The Balaban J connectivity index is 1.42. The molecule has 2 heterocycles. The third kappa shape index (κ3) is 5.19. The number of nitro benzene ring substituents is 1. The molecule has 1 amide bonds. The summed E-state index contributed by atoms with van der Waals surface area (Å²) >= 11 is 0. The van der Waals surface area contributed by atoms with E-state index in [1.54, 1.807) is 12.1 Å². The first-order valence-corrected chi connectivity index (χ1v) is 8.75. The van der Waals surface area contributed by atoms with Crippen LogP contribution in [0.25, 0.3) is 0 Å². The van der Waals surface area contributed by atoms with Gasteiger partial charge in [-0.3, -0.25) is 19.6 Å². The molecule has 1 aromatic carbocycles. The van der Waals surface area contributed by atoms with Gasteiger partial charge in [-0.25, -0.2) is 0 Å². The van der Waals surface area contributed by atoms with Gasteiger partial charge in [-0.15, -0.1) is 0 Å². The lowest BCUT2D eigenvalue weighted by Crippen LogP contribution is -2.24. The van der Waals surface area contributed by atoms with Gasteiger partial charge in [0, 0.05) is 31.4 Å². The number of amides is 1. The van der Waals surface area contributed by atoms with Crippen LogP contribution >= 0.6 is 0 Å². The van der Waals surface area contributed by atoms with Crippen molar-refractivity contribution in [3.63, 3.8) is 0 Å². The zero-order chi connectivity index (χ0) is 19.9. The molecule has 3 aromatic rings. The summed E-state index contributed by atoms with van der Waals surface area (Å²) < 4.78 is 12.8. The van der Waals surface area contributed by atoms with Crippen LogP contribution in [-0.2, 0) is 13.2 Å². The second-order valence-corrected chi connectivity index (χ2v) is 6.14. The zero-order valence-corrected chi connectivity index (χ0v) is 15.3. The lowest BCUT2D eigenvalue weighted by Gasteiger charge is -2.05. The first-order valence-electron chi connectivity index (χ1n) is 8.75. The van der Waals surface area contributed by atoms with E-state index in [1.807, 2.05) is 23.9 Å². The number of rotatable bonds is 9. The number of ether oxygens (including phenoxy) is 1. The Labute approximate surface area is 161 Å². The van der Waals surface area contributed by atoms with Crippen molar-refractivity contribution in [2.75, 3.05) is 6.54 Å². The number of carbonyl (C=O) groups excluding carboxylic acids is 1. The van der Waals surface area contributed by atoms with Gasteiger partial charge in [-0.05, 0) is 43.7 Å². The summed E-state index contributed by atoms with van der Waals surface area (Å²) in [6.45, 7) is 3.27. The van der Waals surface area contributed by atoms with Crippen molar-refractivity contribution in [2.45, 2.75) is 26.5 Å². The molecule has 0 atom stereocenters. The van der Waals surface area contributed by atoms with Crippen molar-refractivity contribution >= 4 is 11.6 Å². The van der Waals surface area contributed by atoms with E-state index in [2.05, 4.69) is 10.4 Å². The Morgan fingerprint density at radius 1 is 1.25 bits per heavy atom. The van der Waals surface area contributed by atoms with Gasteiger partial charge in [-0.2, -0.15) is 5.10 Å². The Kier molecular flexibility index (Phi) is 6.05. The van der Waals surface area contributed by atoms with Gasteiger partial charge in [0.25, 0.3) is 11.6 Å². The summed E-state index contributed by atoms with van der Waals surface area (Å²) in [5, 5.41) is 17.7. The predicted molar refractivity (Wildman–Crippen MR) is 100 cm³/mol. The molecule has 0 bridgehead atoms. The van der Waals surface area contributed by atoms with Gasteiger partial charge in [-0.1, -0.05) is 0 Å². The fraction of sp³-hybridized carbons (Fsp3) is 0.263. The molecule has 0 aliphatic carbocycles. The first kappa shape index (κ1) is 19.2. The Morgan fingerprint density at radius 2 is 2.04 bits per heavy atom. The summed E-state index contributed by atoms with van der Waals surface area (Å²) in [6.07, 6.45) is 2.66. The number of aromatic nitrogens is 2. The highest BCUT2D eigenvalue weighted by atomic mass is 16.6. The predicted octanol–water partition coefficient (Wildman–Crippen LogP) is 3.09. The summed E-state index contributed by atoms with van der Waals surface area (Å²) in [7, 11) is 0. The highest BCUT2D eigenvalue weighted by molar-refractivity contribution is 5.91. The average Bonchev–Trinajstić information content (AvgIpc) is 3.33. The van der Waals surface area contributed by atoms with Gasteiger partial charge in [0.1, 0.15) is 18.1 Å². The number of nitro groups is 1. The molecule has 28 heavy (non-hydrogen) atoms. The summed E-state index contributed by atoms with van der Waals surface area (Å²) in [4.78, 5) is 22.3. The molecule has 9 heteroatoms. The topological polar surface area (TPSA) is 112 Å². The van der Waals surface area contributed by atoms with Crippen LogP contribution in [0.1, 0.15) is 28.4 Å². The fourth-order valence-electron chi connectivity index (χ4n) is 2.51. The van der Waals surface area contributed by atoms with Gasteiger partial charge < -0.3 is 14.5 Å². The molecule has 0 fully saturated rings. The zero-order valence-electron chi connectivity index (χ0n) is 15.3. The minimum Gasteiger partial charge on any atom is -0.486 e. The van der Waals surface area contributed by atoms with Crippen LogP contribution in [-0.4, -0.2) is 27.2 Å². The number of carbonyl (C=O) groups is 1. The molecule has 0 aliphatic heterocycles. The minimum atomic E-state index is -0.475. The van der Waals surface area contributed by atoms with Crippen LogP contribution in [0, 0.1) is 17.0 Å². The number of benzene rings is 1. The van der Waals surface area contributed by atoms with Gasteiger partial charge in [0.15, 0.2) is 5.76 Å². The summed E-state index contributed by atoms with van der Waals surface area (Å²) in [5.74, 6) is 0.868. The van der Waals surface area contributed by atoms with E-state index < -0.39 is 4.92 Å². The van der Waals surface area contributed by atoms with E-state index in [-0.39, 0.29) is 24.0 Å². The third-order valence-corrected chi connectivity index (χ3v) is 3.94. The Bertz CT molecular complexity index is 945. The van der Waals surface area contributed by atoms with Crippen LogP contribution in [0.15, 0.2) is 53.1 Å². The van der Waals surface area contributed by atoms with Crippen molar-refractivity contribution in [1.29, 1.82) is 0 Å². The molecule has 146 valence electrons. The molecule has 0 saturated heterocycles. The lowest BCUT2D eigenvalue weighted by molar-refractivity contribution is -0.384. The van der Waals surface area contributed by atoms with Gasteiger partial charge >= 0.3 is 0 Å². The molecule has 0 saturated carbocycles. The third-order valence-electron chi connectivity index (χ3n) is 3.94. The average molecular weight is 384 g/mol. The maximum absolute atomic E-state index is 12.1. The van der Waals surface area contributed by atoms with E-state index in [9.17, 15) is 14.9 Å². The summed E-state index contributed by atoms with van der Waals surface area (Å²) in [5.41, 5.74) is 0.954. The number of furan rings is 1. The molecular weight excluding hydrogens is 364 g/mol. The molecule has 2 aromatic heterocycles. The Morgan fingerprint density at radius 3 is 2.71 bits per heavy atom. The van der Waals surface area contributed by atoms with Crippen molar-refractivity contribution in [2.24, 2.45) is 0 Å². The Hall–Kier alpha value is -3.62. The monoisotopic (exact) mass is 384 g/mol. The molecule has 1 N–H and O–H groups in total. The van der Waals surface area contributed by atoms with Crippen LogP contribution in [0.3, 0.4) is 0 Å². The van der Waals surface area contributed by atoms with Crippen LogP contribution in [0.5, 0.6) is 5.75 Å². The van der Waals surface area contributed by atoms with Crippen LogP contribution < -0.4 is 10.1 Å². The molecule has 0 spiro atoms. The normalized spacial score (nSPS) is 10.6. The maximum atomic E-state index is 12.1. The molecule has 9 nitrogen and oxygen atoms in total. The van der Waals surface area contributed by atoms with E-state index >= 15 is 0 Å². The second kappa shape index (κ2) is 8.85. The second-order valence-electron chi connectivity index (χ2n) is 6.14. The molecular formula is C19H20N4O5. The lowest BCUT2D eigenvalue weighted by atomic mass is 10.3. The SMILES string of the molecule is Cc1ccn(CCCNC(=O)c2ccc(COc3ccc([N+](=O)[O-])cc3)o2)n1. The standard InChI is InChI=1S/C19H20N4O5/c1-14-9-12-22(21-14)11-2-10-20-19(24)18-8-7-17(28-18)13-27-16-5-3-15(4-6-16)23(25)26/h3-9,12H,2,10-11,13H2,1H3,(H,20,24). The minimum absolute atomic E-state index is 0.00741. The largest absolute Gasteiger partial charge is 0.486 e. The number of hydrogen-bond acceptors (Lipinski definition) is 6. The van der Waals surface area contributed by atoms with Crippen molar-refractivity contribution in [3.8, 4) is 5.75 Å². The molecule has 3 rings (SSSR count). The van der Waals surface area contributed by atoms with E-state index in [0.29, 0.717) is 18.1 Å². The van der Waals surface area contributed by atoms with Crippen molar-refractivity contribution in [3.05, 3.63) is 76.0 Å². The summed E-state index contributed by atoms with van der Waals surface area (Å²) in [6, 6.07) is 10.9. The van der Waals surface area contributed by atoms with Crippen LogP contribution in [0.4, 0.5) is 5.69 Å². The van der Waals surface area contributed by atoms with Crippen molar-refractivity contribution in [1.82, 2.24) is 15.1 Å². The van der Waals surface area contributed by atoms with E-state index in [0.717, 1.165) is 18.7 Å². The number of aryl methyl sites for hydroxylation is 2.